The second kappa shape index (κ2) is 8.76. The quantitative estimate of drug-likeness (QED) is 0.642. The van der Waals surface area contributed by atoms with Crippen molar-refractivity contribution in [2.24, 2.45) is 0 Å². The normalized spacial score (nSPS) is 14.0. The SMILES string of the molecule is CCOc1nc2oc(C)cc2nc1-c1c(F)cc(OC)cc1NC(=O)N1CCNCC1. The maximum atomic E-state index is 15.3. The van der Waals surface area contributed by atoms with Gasteiger partial charge in [-0.15, -0.1) is 0 Å². The highest BCUT2D eigenvalue weighted by Gasteiger charge is 2.25. The number of hydrogen-bond acceptors (Lipinski definition) is 7. The molecule has 164 valence electrons. The van der Waals surface area contributed by atoms with Crippen LogP contribution in [0.3, 0.4) is 0 Å². The highest BCUT2D eigenvalue weighted by atomic mass is 19.1. The molecule has 1 saturated heterocycles. The molecule has 1 aliphatic rings. The number of aromatic nitrogens is 2. The van der Waals surface area contributed by atoms with Crippen LogP contribution in [0, 0.1) is 12.7 Å². The molecular formula is C21H24FN5O4. The summed E-state index contributed by atoms with van der Waals surface area (Å²) in [4.78, 5) is 23.4. The number of halogens is 1. The first-order chi connectivity index (χ1) is 15.0. The summed E-state index contributed by atoms with van der Waals surface area (Å²) in [6.45, 7) is 6.37. The minimum Gasteiger partial charge on any atom is -0.497 e. The van der Waals surface area contributed by atoms with Crippen molar-refractivity contribution in [1.29, 1.82) is 0 Å². The number of aryl methyl sites for hydroxylation is 1. The fraction of sp³-hybridized carbons (Fsp3) is 0.381. The van der Waals surface area contributed by atoms with Crippen LogP contribution in [0.25, 0.3) is 22.5 Å². The number of carbonyl (C=O) groups excluding carboxylic acids is 1. The van der Waals surface area contributed by atoms with Crippen LogP contribution in [-0.4, -0.2) is 60.8 Å². The predicted octanol–water partition coefficient (Wildman–Crippen LogP) is 3.18. The number of amides is 2. The maximum absolute atomic E-state index is 15.3. The number of methoxy groups -OCH3 is 1. The lowest BCUT2D eigenvalue weighted by molar-refractivity contribution is 0.204. The summed E-state index contributed by atoms with van der Waals surface area (Å²) in [5.41, 5.74) is 1.22. The van der Waals surface area contributed by atoms with Gasteiger partial charge in [-0.3, -0.25) is 0 Å². The van der Waals surface area contributed by atoms with E-state index in [9.17, 15) is 4.79 Å². The number of nitrogens with one attached hydrogen (secondary N) is 2. The molecule has 3 heterocycles. The number of fused-ring (bicyclic) bond motifs is 1. The predicted molar refractivity (Wildman–Crippen MR) is 113 cm³/mol. The number of carbonyl (C=O) groups is 1. The van der Waals surface area contributed by atoms with Crippen LogP contribution in [-0.2, 0) is 0 Å². The molecule has 0 bridgehead atoms. The van der Waals surface area contributed by atoms with Crippen molar-refractivity contribution in [3.8, 4) is 22.9 Å². The Kier molecular flexibility index (Phi) is 5.90. The monoisotopic (exact) mass is 429 g/mol. The molecule has 1 fully saturated rings. The van der Waals surface area contributed by atoms with Gasteiger partial charge in [0.15, 0.2) is 0 Å². The Bertz CT molecular complexity index is 1110. The Hall–Kier alpha value is -3.40. The van der Waals surface area contributed by atoms with E-state index in [1.165, 1.54) is 13.2 Å². The van der Waals surface area contributed by atoms with E-state index in [1.54, 1.807) is 30.9 Å². The highest BCUT2D eigenvalue weighted by Crippen LogP contribution is 2.39. The fourth-order valence-electron chi connectivity index (χ4n) is 3.46. The summed E-state index contributed by atoms with van der Waals surface area (Å²) < 4.78 is 31.7. The standard InChI is InChI=1S/C21H24FN5O4/c1-4-30-20-18(24-16-9-12(2)31-19(16)26-20)17-14(22)10-13(29-3)11-15(17)25-21(28)27-7-5-23-6-8-27/h9-11,23H,4-8H2,1-3H3,(H,25,28). The van der Waals surface area contributed by atoms with Crippen LogP contribution in [0.2, 0.25) is 0 Å². The van der Waals surface area contributed by atoms with E-state index in [4.69, 9.17) is 13.9 Å². The average molecular weight is 429 g/mol. The van der Waals surface area contributed by atoms with Crippen LogP contribution >= 0.6 is 0 Å². The molecule has 9 nitrogen and oxygen atoms in total. The average Bonchev–Trinajstić information content (AvgIpc) is 3.13. The summed E-state index contributed by atoms with van der Waals surface area (Å²) >= 11 is 0. The lowest BCUT2D eigenvalue weighted by Crippen LogP contribution is -2.48. The molecule has 10 heteroatoms. The van der Waals surface area contributed by atoms with Crippen molar-refractivity contribution >= 4 is 22.9 Å². The van der Waals surface area contributed by atoms with E-state index in [2.05, 4.69) is 20.6 Å². The number of hydrogen-bond donors (Lipinski definition) is 2. The minimum atomic E-state index is -0.621. The molecule has 4 rings (SSSR count). The van der Waals surface area contributed by atoms with Crippen LogP contribution in [0.5, 0.6) is 11.6 Å². The topological polar surface area (TPSA) is 102 Å². The maximum Gasteiger partial charge on any atom is 0.321 e. The van der Waals surface area contributed by atoms with Crippen LogP contribution < -0.4 is 20.1 Å². The third-order valence-corrected chi connectivity index (χ3v) is 4.92. The second-order valence-corrected chi connectivity index (χ2v) is 7.06. The van der Waals surface area contributed by atoms with E-state index in [0.717, 1.165) is 0 Å². The van der Waals surface area contributed by atoms with Gasteiger partial charge in [0.1, 0.15) is 28.5 Å². The number of benzene rings is 1. The van der Waals surface area contributed by atoms with Gasteiger partial charge >= 0.3 is 6.03 Å². The third-order valence-electron chi connectivity index (χ3n) is 4.92. The number of furan rings is 1. The van der Waals surface area contributed by atoms with Crippen LogP contribution in [0.1, 0.15) is 12.7 Å². The Morgan fingerprint density at radius 1 is 1.29 bits per heavy atom. The summed E-state index contributed by atoms with van der Waals surface area (Å²) in [7, 11) is 1.43. The van der Waals surface area contributed by atoms with E-state index in [0.29, 0.717) is 49.8 Å². The van der Waals surface area contributed by atoms with Crippen molar-refractivity contribution in [3.63, 3.8) is 0 Å². The molecule has 0 aliphatic carbocycles. The number of ether oxygens (including phenoxy) is 2. The molecular weight excluding hydrogens is 405 g/mol. The first kappa shape index (κ1) is 20.9. The summed E-state index contributed by atoms with van der Waals surface area (Å²) in [5.74, 6) is 0.385. The number of nitrogens with zero attached hydrogens (tertiary/aromatic N) is 3. The Morgan fingerprint density at radius 2 is 2.06 bits per heavy atom. The fourth-order valence-corrected chi connectivity index (χ4v) is 3.46. The highest BCUT2D eigenvalue weighted by molar-refractivity contribution is 5.95. The smallest absolute Gasteiger partial charge is 0.321 e. The Morgan fingerprint density at radius 3 is 2.77 bits per heavy atom. The molecule has 0 atom stereocenters. The number of rotatable bonds is 5. The van der Waals surface area contributed by atoms with Gasteiger partial charge < -0.3 is 29.4 Å². The Balaban J connectivity index is 1.83. The van der Waals surface area contributed by atoms with Gasteiger partial charge in [-0.05, 0) is 13.8 Å². The zero-order chi connectivity index (χ0) is 22.0. The first-order valence-electron chi connectivity index (χ1n) is 10.1. The lowest BCUT2D eigenvalue weighted by atomic mass is 10.1. The molecule has 2 amide bonds. The van der Waals surface area contributed by atoms with Crippen molar-refractivity contribution in [3.05, 3.63) is 29.8 Å². The minimum absolute atomic E-state index is 0.0704. The molecule has 2 N–H and O–H groups in total. The lowest BCUT2D eigenvalue weighted by Gasteiger charge is -2.28. The number of anilines is 1. The summed E-state index contributed by atoms with van der Waals surface area (Å²) in [5, 5.41) is 6.00. The third kappa shape index (κ3) is 4.24. The zero-order valence-corrected chi connectivity index (χ0v) is 17.6. The molecule has 0 radical (unpaired) electrons. The Labute approximate surface area is 178 Å². The molecule has 2 aromatic heterocycles. The van der Waals surface area contributed by atoms with Crippen molar-refractivity contribution in [2.75, 3.05) is 45.2 Å². The molecule has 0 unspecified atom stereocenters. The van der Waals surface area contributed by atoms with Gasteiger partial charge in [-0.25, -0.2) is 14.2 Å². The van der Waals surface area contributed by atoms with Crippen molar-refractivity contribution in [1.82, 2.24) is 20.2 Å². The zero-order valence-electron chi connectivity index (χ0n) is 17.6. The number of piperazine rings is 1. The van der Waals surface area contributed by atoms with E-state index >= 15 is 4.39 Å². The first-order valence-corrected chi connectivity index (χ1v) is 10.1. The van der Waals surface area contributed by atoms with Crippen LogP contribution in [0.4, 0.5) is 14.9 Å². The summed E-state index contributed by atoms with van der Waals surface area (Å²) in [6.07, 6.45) is 0. The second-order valence-electron chi connectivity index (χ2n) is 7.06. The molecule has 0 spiro atoms. The van der Waals surface area contributed by atoms with Crippen LogP contribution in [0.15, 0.2) is 22.6 Å². The van der Waals surface area contributed by atoms with Gasteiger partial charge in [-0.2, -0.15) is 4.98 Å². The molecule has 0 saturated carbocycles. The van der Waals surface area contributed by atoms with Gasteiger partial charge in [0.25, 0.3) is 0 Å². The van der Waals surface area contributed by atoms with E-state index in [1.807, 2.05) is 0 Å². The van der Waals surface area contributed by atoms with E-state index in [-0.39, 0.29) is 34.6 Å². The van der Waals surface area contributed by atoms with Crippen molar-refractivity contribution < 1.29 is 23.1 Å². The molecule has 1 aliphatic heterocycles. The molecule has 1 aromatic carbocycles. The number of urea groups is 1. The van der Waals surface area contributed by atoms with Gasteiger partial charge in [0.05, 0.1) is 25.0 Å². The van der Waals surface area contributed by atoms with Gasteiger partial charge in [0, 0.05) is 44.4 Å². The van der Waals surface area contributed by atoms with Gasteiger partial charge in [-0.1, -0.05) is 0 Å². The summed E-state index contributed by atoms with van der Waals surface area (Å²) in [6, 6.07) is 4.17. The van der Waals surface area contributed by atoms with Gasteiger partial charge in [0.2, 0.25) is 11.6 Å². The molecule has 31 heavy (non-hydrogen) atoms. The largest absolute Gasteiger partial charge is 0.497 e. The molecule has 3 aromatic rings. The van der Waals surface area contributed by atoms with E-state index < -0.39 is 5.82 Å². The van der Waals surface area contributed by atoms with Crippen molar-refractivity contribution in [2.45, 2.75) is 13.8 Å².